The highest BCUT2D eigenvalue weighted by atomic mass is 35.5. The van der Waals surface area contributed by atoms with E-state index in [4.69, 9.17) is 11.6 Å². The molecule has 0 radical (unpaired) electrons. The largest absolute Gasteiger partial charge is 0.322 e. The van der Waals surface area contributed by atoms with Crippen molar-refractivity contribution in [2.24, 2.45) is 4.99 Å². The zero-order chi connectivity index (χ0) is 23.8. The summed E-state index contributed by atoms with van der Waals surface area (Å²) in [6, 6.07) is 18.3. The number of carbonyl (C=O) groups excluding carboxylic acids is 1. The van der Waals surface area contributed by atoms with E-state index in [0.717, 1.165) is 21.7 Å². The van der Waals surface area contributed by atoms with Gasteiger partial charge in [-0.2, -0.15) is 0 Å². The van der Waals surface area contributed by atoms with Crippen molar-refractivity contribution in [3.8, 4) is 0 Å². The molecule has 5 rings (SSSR count). The molecule has 1 atom stereocenters. The van der Waals surface area contributed by atoms with Gasteiger partial charge in [0.2, 0.25) is 0 Å². The maximum atomic E-state index is 13.6. The molecule has 1 N–H and O–H groups in total. The Bertz CT molecular complexity index is 1610. The van der Waals surface area contributed by atoms with Crippen LogP contribution in [0.15, 0.2) is 87.1 Å². The first-order valence-corrected chi connectivity index (χ1v) is 12.7. The Kier molecular flexibility index (Phi) is 6.08. The van der Waals surface area contributed by atoms with Crippen molar-refractivity contribution < 1.29 is 4.79 Å². The Morgan fingerprint density at radius 1 is 1.12 bits per heavy atom. The number of carbonyl (C=O) groups is 1. The van der Waals surface area contributed by atoms with Crippen molar-refractivity contribution in [1.82, 2.24) is 4.57 Å². The highest BCUT2D eigenvalue weighted by Gasteiger charge is 2.33. The van der Waals surface area contributed by atoms with E-state index in [1.54, 1.807) is 10.6 Å². The average molecular weight is 506 g/mol. The molecule has 5 nitrogen and oxygen atoms in total. The monoisotopic (exact) mass is 505 g/mol. The lowest BCUT2D eigenvalue weighted by atomic mass is 10.0. The number of thiazole rings is 1. The van der Waals surface area contributed by atoms with E-state index < -0.39 is 6.04 Å². The molecule has 4 aromatic rings. The van der Waals surface area contributed by atoms with Crippen LogP contribution in [0.25, 0.3) is 6.08 Å². The molecule has 1 amide bonds. The second-order valence-electron chi connectivity index (χ2n) is 7.92. The summed E-state index contributed by atoms with van der Waals surface area (Å²) in [5.41, 5.74) is 3.40. The molecule has 0 fully saturated rings. The summed E-state index contributed by atoms with van der Waals surface area (Å²) in [6.07, 6.45) is 1.81. The number of aryl methyl sites for hydroxylation is 1. The molecule has 8 heteroatoms. The predicted molar refractivity (Wildman–Crippen MR) is 139 cm³/mol. The third-order valence-corrected chi connectivity index (χ3v) is 7.76. The molecule has 1 aliphatic heterocycles. The fourth-order valence-corrected chi connectivity index (χ4v) is 6.05. The number of rotatable bonds is 4. The van der Waals surface area contributed by atoms with E-state index in [9.17, 15) is 9.59 Å². The second-order valence-corrected chi connectivity index (χ2v) is 10.3. The number of hydrogen-bond donors (Lipinski definition) is 1. The number of nitrogens with one attached hydrogen (secondary N) is 1. The van der Waals surface area contributed by atoms with Crippen LogP contribution in [0.3, 0.4) is 0 Å². The van der Waals surface area contributed by atoms with Crippen molar-refractivity contribution in [3.05, 3.63) is 118 Å². The van der Waals surface area contributed by atoms with E-state index in [1.165, 1.54) is 22.7 Å². The van der Waals surface area contributed by atoms with Crippen molar-refractivity contribution in [3.63, 3.8) is 0 Å². The van der Waals surface area contributed by atoms with Crippen LogP contribution in [0.5, 0.6) is 0 Å². The SMILES string of the molecule is CC1=C(C(=O)Nc2ccccc2C)C(c2cccs2)n2c(sc(=Cc3cccc(Cl)c3)c2=O)=N1. The van der Waals surface area contributed by atoms with Gasteiger partial charge in [0.05, 0.1) is 15.8 Å². The number of hydrogen-bond acceptors (Lipinski definition) is 5. The summed E-state index contributed by atoms with van der Waals surface area (Å²) in [5.74, 6) is -0.266. The molecule has 2 aromatic carbocycles. The third-order valence-electron chi connectivity index (χ3n) is 5.62. The Balaban J connectivity index is 1.65. The number of fused-ring (bicyclic) bond motifs is 1. The Hall–Kier alpha value is -3.26. The van der Waals surface area contributed by atoms with Crippen LogP contribution < -0.4 is 20.2 Å². The first kappa shape index (κ1) is 22.5. The van der Waals surface area contributed by atoms with E-state index in [-0.39, 0.29) is 11.5 Å². The minimum atomic E-state index is -0.554. The number of amides is 1. The third kappa shape index (κ3) is 4.18. The lowest BCUT2D eigenvalue weighted by molar-refractivity contribution is -0.113. The van der Waals surface area contributed by atoms with E-state index >= 15 is 0 Å². The molecule has 1 aliphatic rings. The summed E-state index contributed by atoms with van der Waals surface area (Å²) in [5, 5.41) is 5.57. The summed E-state index contributed by atoms with van der Waals surface area (Å²) in [6.45, 7) is 3.76. The normalized spacial score (nSPS) is 15.7. The van der Waals surface area contributed by atoms with E-state index in [0.29, 0.717) is 25.6 Å². The lowest BCUT2D eigenvalue weighted by Gasteiger charge is -2.24. The maximum Gasteiger partial charge on any atom is 0.271 e. The molecule has 0 aliphatic carbocycles. The van der Waals surface area contributed by atoms with Crippen LogP contribution in [-0.4, -0.2) is 10.5 Å². The van der Waals surface area contributed by atoms with Crippen molar-refractivity contribution in [2.75, 3.05) is 5.32 Å². The minimum Gasteiger partial charge on any atom is -0.322 e. The summed E-state index contributed by atoms with van der Waals surface area (Å²) in [7, 11) is 0. The molecule has 0 bridgehead atoms. The lowest BCUT2D eigenvalue weighted by Crippen LogP contribution is -2.40. The molecule has 1 unspecified atom stereocenters. The van der Waals surface area contributed by atoms with Crippen LogP contribution in [-0.2, 0) is 4.79 Å². The van der Waals surface area contributed by atoms with Gasteiger partial charge >= 0.3 is 0 Å². The zero-order valence-corrected chi connectivity index (χ0v) is 20.8. The maximum absolute atomic E-state index is 13.6. The first-order valence-electron chi connectivity index (χ1n) is 10.6. The van der Waals surface area contributed by atoms with Gasteiger partial charge in [0.25, 0.3) is 11.5 Å². The quantitative estimate of drug-likeness (QED) is 0.429. The van der Waals surface area contributed by atoms with Crippen LogP contribution in [0.2, 0.25) is 5.02 Å². The topological polar surface area (TPSA) is 63.5 Å². The number of nitrogens with zero attached hydrogens (tertiary/aromatic N) is 2. The summed E-state index contributed by atoms with van der Waals surface area (Å²) >= 11 is 8.95. The molecule has 0 spiro atoms. The van der Waals surface area contributed by atoms with Crippen molar-refractivity contribution in [1.29, 1.82) is 0 Å². The van der Waals surface area contributed by atoms with E-state index in [2.05, 4.69) is 10.3 Å². The van der Waals surface area contributed by atoms with Gasteiger partial charge in [-0.05, 0) is 60.7 Å². The highest BCUT2D eigenvalue weighted by Crippen LogP contribution is 2.33. The molecule has 2 aromatic heterocycles. The number of thiophene rings is 1. The molecule has 3 heterocycles. The standard InChI is InChI=1S/C26H20ClN3O2S2/c1-15-7-3-4-10-19(15)29-24(31)22-16(2)28-26-30(23(22)20-11-6-12-33-20)25(32)21(34-26)14-17-8-5-9-18(27)13-17/h3-14,23H,1-2H3,(H,29,31). The van der Waals surface area contributed by atoms with Gasteiger partial charge in [-0.25, -0.2) is 4.99 Å². The Morgan fingerprint density at radius 3 is 2.68 bits per heavy atom. The molecule has 0 saturated carbocycles. The van der Waals surface area contributed by atoms with Crippen molar-refractivity contribution in [2.45, 2.75) is 19.9 Å². The fraction of sp³-hybridized carbons (Fsp3) is 0.115. The zero-order valence-electron chi connectivity index (χ0n) is 18.4. The van der Waals surface area contributed by atoms with Crippen LogP contribution in [0.1, 0.15) is 29.0 Å². The smallest absolute Gasteiger partial charge is 0.271 e. The molecular weight excluding hydrogens is 486 g/mol. The Labute approximate surface area is 209 Å². The molecule has 0 saturated heterocycles. The number of allylic oxidation sites excluding steroid dienone is 1. The molecule has 170 valence electrons. The second kappa shape index (κ2) is 9.18. The number of para-hydroxylation sites is 1. The van der Waals surface area contributed by atoms with Crippen LogP contribution in [0, 0.1) is 6.92 Å². The number of anilines is 1. The number of halogens is 1. The fourth-order valence-electron chi connectivity index (χ4n) is 3.98. The van der Waals surface area contributed by atoms with Crippen molar-refractivity contribution >= 4 is 51.9 Å². The Morgan fingerprint density at radius 2 is 1.94 bits per heavy atom. The first-order chi connectivity index (χ1) is 16.4. The van der Waals surface area contributed by atoms with E-state index in [1.807, 2.05) is 79.9 Å². The van der Waals surface area contributed by atoms with Gasteiger partial charge < -0.3 is 5.32 Å². The predicted octanol–water partition coefficient (Wildman–Crippen LogP) is 4.90. The summed E-state index contributed by atoms with van der Waals surface area (Å²) in [4.78, 5) is 33.3. The number of benzene rings is 2. The molecule has 34 heavy (non-hydrogen) atoms. The van der Waals surface area contributed by atoms with Gasteiger partial charge in [0.1, 0.15) is 6.04 Å². The number of aromatic nitrogens is 1. The van der Waals surface area contributed by atoms with Gasteiger partial charge in [-0.15, -0.1) is 11.3 Å². The van der Waals surface area contributed by atoms with Crippen LogP contribution in [0.4, 0.5) is 5.69 Å². The summed E-state index contributed by atoms with van der Waals surface area (Å²) < 4.78 is 2.17. The van der Waals surface area contributed by atoms with Gasteiger partial charge in [0, 0.05) is 15.6 Å². The highest BCUT2D eigenvalue weighted by molar-refractivity contribution is 7.10. The van der Waals surface area contributed by atoms with Gasteiger partial charge in [-0.3, -0.25) is 14.2 Å². The average Bonchev–Trinajstić information content (AvgIpc) is 3.43. The van der Waals surface area contributed by atoms with Crippen LogP contribution >= 0.6 is 34.3 Å². The van der Waals surface area contributed by atoms with Gasteiger partial charge in [-0.1, -0.05) is 59.3 Å². The van der Waals surface area contributed by atoms with Gasteiger partial charge in [0.15, 0.2) is 4.80 Å². The minimum absolute atomic E-state index is 0.184. The molecular formula is C26H20ClN3O2S2.